The third-order valence-corrected chi connectivity index (χ3v) is 6.23. The van der Waals surface area contributed by atoms with Crippen LogP contribution in [0, 0.1) is 17.2 Å². The van der Waals surface area contributed by atoms with Crippen LogP contribution in [-0.2, 0) is 12.8 Å². The maximum absolute atomic E-state index is 8.85. The Bertz CT molecular complexity index is 754. The quantitative estimate of drug-likeness (QED) is 0.793. The molecule has 0 amide bonds. The normalized spacial score (nSPS) is 22.1. The molecule has 0 N–H and O–H groups in total. The molecule has 23 heavy (non-hydrogen) atoms. The lowest BCUT2D eigenvalue weighted by molar-refractivity contribution is 0.286. The Labute approximate surface area is 140 Å². The van der Waals surface area contributed by atoms with E-state index in [2.05, 4.69) is 32.8 Å². The fourth-order valence-electron chi connectivity index (χ4n) is 3.72. The lowest BCUT2D eigenvalue weighted by Gasteiger charge is -2.34. The van der Waals surface area contributed by atoms with Gasteiger partial charge in [-0.25, -0.2) is 9.97 Å². The molecule has 6 heteroatoms. The molecule has 5 nitrogen and oxygen atoms in total. The van der Waals surface area contributed by atoms with Crippen molar-refractivity contribution >= 4 is 27.4 Å². The summed E-state index contributed by atoms with van der Waals surface area (Å²) in [5.41, 5.74) is 1.50. The van der Waals surface area contributed by atoms with Gasteiger partial charge in [0.05, 0.1) is 18.0 Å². The third-order valence-electron chi connectivity index (χ3n) is 5.03. The smallest absolute Gasteiger partial charge is 0.141 e. The Hall–Kier alpha value is -1.71. The van der Waals surface area contributed by atoms with Gasteiger partial charge in [0.2, 0.25) is 0 Å². The molecule has 120 valence electrons. The molecular weight excluding hydrogens is 306 g/mol. The van der Waals surface area contributed by atoms with E-state index in [0.29, 0.717) is 6.54 Å². The fourth-order valence-corrected chi connectivity index (χ4v) is 4.90. The highest BCUT2D eigenvalue weighted by Gasteiger charge is 2.26. The van der Waals surface area contributed by atoms with E-state index in [-0.39, 0.29) is 0 Å². The summed E-state index contributed by atoms with van der Waals surface area (Å²) in [6.07, 6.45) is 5.34. The van der Waals surface area contributed by atoms with E-state index >= 15 is 0 Å². The molecule has 1 saturated heterocycles. The zero-order chi connectivity index (χ0) is 15.8. The molecule has 0 spiro atoms. The highest BCUT2D eigenvalue weighted by Crippen LogP contribution is 2.40. The topological polar surface area (TPSA) is 56.1 Å². The van der Waals surface area contributed by atoms with Gasteiger partial charge in [0.25, 0.3) is 0 Å². The highest BCUT2D eigenvalue weighted by molar-refractivity contribution is 7.19. The standard InChI is InChI=1S/C17H21N5S/c1-12-2-3-14-13(10-12)15-16(19-11-20-17(15)23-14)22-8-6-21(5-4-18)7-9-22/h11-12H,2-3,5-10H2,1H3/t12-/m1/s1. The van der Waals surface area contributed by atoms with Crippen LogP contribution in [0.2, 0.25) is 0 Å². The number of hydrogen-bond donors (Lipinski definition) is 0. The Kier molecular flexibility index (Phi) is 3.92. The minimum atomic E-state index is 0.526. The van der Waals surface area contributed by atoms with Crippen LogP contribution in [-0.4, -0.2) is 47.6 Å². The van der Waals surface area contributed by atoms with Crippen molar-refractivity contribution in [2.75, 3.05) is 37.6 Å². The van der Waals surface area contributed by atoms with Crippen molar-refractivity contribution in [2.24, 2.45) is 5.92 Å². The summed E-state index contributed by atoms with van der Waals surface area (Å²) >= 11 is 1.86. The summed E-state index contributed by atoms with van der Waals surface area (Å²) < 4.78 is 0. The molecule has 4 rings (SSSR count). The number of anilines is 1. The summed E-state index contributed by atoms with van der Waals surface area (Å²) in [5, 5.41) is 10.1. The van der Waals surface area contributed by atoms with Crippen LogP contribution in [0.4, 0.5) is 5.82 Å². The van der Waals surface area contributed by atoms with Gasteiger partial charge >= 0.3 is 0 Å². The Morgan fingerprint density at radius 3 is 2.91 bits per heavy atom. The fraction of sp³-hybridized carbons (Fsp3) is 0.588. The number of aromatic nitrogens is 2. The third kappa shape index (κ3) is 2.68. The lowest BCUT2D eigenvalue weighted by Crippen LogP contribution is -2.46. The van der Waals surface area contributed by atoms with Crippen LogP contribution in [0.25, 0.3) is 10.2 Å². The maximum atomic E-state index is 8.85. The van der Waals surface area contributed by atoms with Gasteiger partial charge in [-0.3, -0.25) is 4.90 Å². The molecule has 3 heterocycles. The van der Waals surface area contributed by atoms with Gasteiger partial charge in [0.1, 0.15) is 17.0 Å². The van der Waals surface area contributed by atoms with Gasteiger partial charge < -0.3 is 4.90 Å². The molecule has 0 saturated carbocycles. The highest BCUT2D eigenvalue weighted by atomic mass is 32.1. The molecular formula is C17H21N5S. The van der Waals surface area contributed by atoms with Gasteiger partial charge in [-0.1, -0.05) is 6.92 Å². The molecule has 0 radical (unpaired) electrons. The number of fused-ring (bicyclic) bond motifs is 3. The van der Waals surface area contributed by atoms with Crippen molar-refractivity contribution in [3.63, 3.8) is 0 Å². The predicted molar refractivity (Wildman–Crippen MR) is 92.9 cm³/mol. The lowest BCUT2D eigenvalue weighted by atomic mass is 9.88. The van der Waals surface area contributed by atoms with Crippen LogP contribution in [0.1, 0.15) is 23.8 Å². The maximum Gasteiger partial charge on any atom is 0.141 e. The average Bonchev–Trinajstić information content (AvgIpc) is 2.94. The van der Waals surface area contributed by atoms with Crippen molar-refractivity contribution in [1.82, 2.24) is 14.9 Å². The molecule has 2 aromatic rings. The zero-order valence-electron chi connectivity index (χ0n) is 13.5. The Balaban J connectivity index is 1.68. The first-order valence-electron chi connectivity index (χ1n) is 8.35. The molecule has 1 aliphatic heterocycles. The summed E-state index contributed by atoms with van der Waals surface area (Å²) in [4.78, 5) is 16.4. The molecule has 0 aromatic carbocycles. The number of nitrogens with zero attached hydrogens (tertiary/aromatic N) is 5. The van der Waals surface area contributed by atoms with Gasteiger partial charge in [0.15, 0.2) is 0 Å². The second kappa shape index (κ2) is 6.06. The van der Waals surface area contributed by atoms with E-state index in [0.717, 1.165) is 49.2 Å². The van der Waals surface area contributed by atoms with Crippen molar-refractivity contribution in [3.8, 4) is 6.07 Å². The molecule has 1 fully saturated rings. The monoisotopic (exact) mass is 327 g/mol. The van der Waals surface area contributed by atoms with E-state index in [1.807, 2.05) is 11.3 Å². The number of rotatable bonds is 2. The number of aryl methyl sites for hydroxylation is 1. The van der Waals surface area contributed by atoms with Gasteiger partial charge in [-0.2, -0.15) is 5.26 Å². The summed E-state index contributed by atoms with van der Waals surface area (Å²) in [7, 11) is 0. The second-order valence-electron chi connectivity index (χ2n) is 6.65. The van der Waals surface area contributed by atoms with Gasteiger partial charge in [-0.05, 0) is 30.7 Å². The van der Waals surface area contributed by atoms with Crippen molar-refractivity contribution in [2.45, 2.75) is 26.2 Å². The van der Waals surface area contributed by atoms with E-state index in [9.17, 15) is 0 Å². The van der Waals surface area contributed by atoms with Crippen molar-refractivity contribution in [3.05, 3.63) is 16.8 Å². The van der Waals surface area contributed by atoms with Crippen LogP contribution in [0.3, 0.4) is 0 Å². The number of thiophene rings is 1. The van der Waals surface area contributed by atoms with E-state index in [1.54, 1.807) is 6.33 Å². The number of nitriles is 1. The first-order chi connectivity index (χ1) is 11.3. The molecule has 2 aromatic heterocycles. The number of hydrogen-bond acceptors (Lipinski definition) is 6. The summed E-state index contributed by atoms with van der Waals surface area (Å²) in [6.45, 7) is 6.61. The summed E-state index contributed by atoms with van der Waals surface area (Å²) in [6, 6.07) is 2.25. The second-order valence-corrected chi connectivity index (χ2v) is 7.73. The van der Waals surface area contributed by atoms with Gasteiger partial charge in [-0.15, -0.1) is 11.3 Å². The Morgan fingerprint density at radius 1 is 1.30 bits per heavy atom. The van der Waals surface area contributed by atoms with Crippen molar-refractivity contribution < 1.29 is 0 Å². The average molecular weight is 327 g/mol. The van der Waals surface area contributed by atoms with E-state index in [1.165, 1.54) is 28.7 Å². The van der Waals surface area contributed by atoms with E-state index in [4.69, 9.17) is 5.26 Å². The summed E-state index contributed by atoms with van der Waals surface area (Å²) in [5.74, 6) is 1.86. The number of piperazine rings is 1. The van der Waals surface area contributed by atoms with Crippen molar-refractivity contribution in [1.29, 1.82) is 5.26 Å². The molecule has 2 aliphatic rings. The molecule has 1 atom stereocenters. The first-order valence-corrected chi connectivity index (χ1v) is 9.17. The van der Waals surface area contributed by atoms with E-state index < -0.39 is 0 Å². The molecule has 0 unspecified atom stereocenters. The first kappa shape index (κ1) is 14.9. The van der Waals surface area contributed by atoms with Gasteiger partial charge in [0, 0.05) is 31.1 Å². The molecule has 1 aliphatic carbocycles. The van der Waals surface area contributed by atoms with Crippen LogP contribution >= 0.6 is 11.3 Å². The largest absolute Gasteiger partial charge is 0.353 e. The minimum Gasteiger partial charge on any atom is -0.353 e. The minimum absolute atomic E-state index is 0.526. The van der Waals surface area contributed by atoms with Crippen LogP contribution < -0.4 is 4.90 Å². The van der Waals surface area contributed by atoms with Crippen LogP contribution in [0.15, 0.2) is 6.33 Å². The SMILES string of the molecule is C[C@@H]1CCc2sc3ncnc(N4CCN(CC#N)CC4)c3c2C1. The Morgan fingerprint density at radius 2 is 2.13 bits per heavy atom. The van der Waals surface area contributed by atoms with Crippen LogP contribution in [0.5, 0.6) is 0 Å². The predicted octanol–water partition coefficient (Wildman–Crippen LogP) is 2.46. The molecule has 0 bridgehead atoms. The zero-order valence-corrected chi connectivity index (χ0v) is 14.3.